The Bertz CT molecular complexity index is 3290. The van der Waals surface area contributed by atoms with Gasteiger partial charge in [-0.05, 0) is 103 Å². The molecule has 272 valence electrons. The summed E-state index contributed by atoms with van der Waals surface area (Å²) in [5, 5.41) is 7.61. The summed E-state index contributed by atoms with van der Waals surface area (Å²) in [4.78, 5) is 2.43. The van der Waals surface area contributed by atoms with Gasteiger partial charge >= 0.3 is 0 Å². The predicted octanol–water partition coefficient (Wildman–Crippen LogP) is 16.5. The van der Waals surface area contributed by atoms with E-state index < -0.39 is 0 Å². The van der Waals surface area contributed by atoms with E-state index in [2.05, 4.69) is 229 Å². The van der Waals surface area contributed by atoms with Crippen molar-refractivity contribution in [3.8, 4) is 44.5 Å². The highest BCUT2D eigenvalue weighted by Crippen LogP contribution is 2.45. The van der Waals surface area contributed by atoms with Crippen LogP contribution < -0.4 is 4.90 Å². The number of hydrogen-bond donors (Lipinski definition) is 0. The summed E-state index contributed by atoms with van der Waals surface area (Å²) in [6.45, 7) is 0. The van der Waals surface area contributed by atoms with E-state index >= 15 is 0 Å². The average Bonchev–Trinajstić information content (AvgIpc) is 3.68. The molecule has 0 radical (unpaired) electrons. The third-order valence-corrected chi connectivity index (χ3v) is 12.7. The van der Waals surface area contributed by atoms with Gasteiger partial charge in [-0.25, -0.2) is 0 Å². The van der Waals surface area contributed by atoms with Gasteiger partial charge in [0.25, 0.3) is 0 Å². The maximum absolute atomic E-state index is 2.43. The van der Waals surface area contributed by atoms with Crippen molar-refractivity contribution in [2.24, 2.45) is 0 Å². The van der Waals surface area contributed by atoms with Crippen LogP contribution in [0, 0.1) is 0 Å². The van der Waals surface area contributed by atoms with E-state index in [9.17, 15) is 0 Å². The van der Waals surface area contributed by atoms with Crippen LogP contribution >= 0.6 is 11.3 Å². The minimum absolute atomic E-state index is 1.10. The largest absolute Gasteiger partial charge is 0.310 e. The van der Waals surface area contributed by atoms with Gasteiger partial charge in [-0.2, -0.15) is 0 Å². The van der Waals surface area contributed by atoms with Crippen LogP contribution in [0.5, 0.6) is 0 Å². The summed E-state index contributed by atoms with van der Waals surface area (Å²) in [7, 11) is 0. The van der Waals surface area contributed by atoms with Crippen molar-refractivity contribution in [2.45, 2.75) is 0 Å². The standard InChI is InChI=1S/C56H37NS/c1-3-22-46-38(14-1)16-11-26-47(46)40-32-34-44(35-33-40)57(54-30-7-5-24-51(54)50-28-12-17-39-15-2-4-23-48(39)50)45-21-10-19-42(37-45)41-18-9-20-43(36-41)49-27-13-29-53-52-25-6-8-31-55(52)58-56(49)53/h1-37H. The van der Waals surface area contributed by atoms with Gasteiger partial charge in [0.05, 0.1) is 5.69 Å². The van der Waals surface area contributed by atoms with Gasteiger partial charge in [0, 0.05) is 37.1 Å². The first-order chi connectivity index (χ1) is 28.8. The van der Waals surface area contributed by atoms with Gasteiger partial charge in [-0.3, -0.25) is 0 Å². The van der Waals surface area contributed by atoms with Crippen LogP contribution in [0.25, 0.3) is 86.2 Å². The molecule has 1 heterocycles. The third-order valence-electron chi connectivity index (χ3n) is 11.5. The van der Waals surface area contributed by atoms with Gasteiger partial charge in [-0.15, -0.1) is 11.3 Å². The Morgan fingerprint density at radius 3 is 1.64 bits per heavy atom. The minimum atomic E-state index is 1.10. The van der Waals surface area contributed by atoms with Gasteiger partial charge in [0.1, 0.15) is 0 Å². The van der Waals surface area contributed by atoms with E-state index in [0.717, 1.165) is 17.1 Å². The fourth-order valence-corrected chi connectivity index (χ4v) is 9.95. The average molecular weight is 756 g/mol. The van der Waals surface area contributed by atoms with Crippen molar-refractivity contribution in [2.75, 3.05) is 4.90 Å². The molecule has 0 fully saturated rings. The molecule has 11 rings (SSSR count). The number of benzene rings is 10. The zero-order valence-electron chi connectivity index (χ0n) is 31.7. The van der Waals surface area contributed by atoms with E-state index in [1.807, 2.05) is 11.3 Å². The fourth-order valence-electron chi connectivity index (χ4n) is 8.72. The molecule has 10 aromatic carbocycles. The molecule has 0 bridgehead atoms. The molecule has 0 aliphatic rings. The summed E-state index contributed by atoms with van der Waals surface area (Å²) in [5.74, 6) is 0. The zero-order chi connectivity index (χ0) is 38.4. The number of hydrogen-bond acceptors (Lipinski definition) is 2. The molecule has 0 amide bonds. The van der Waals surface area contributed by atoms with Crippen LogP contribution in [0.15, 0.2) is 224 Å². The monoisotopic (exact) mass is 755 g/mol. The molecule has 1 aromatic heterocycles. The van der Waals surface area contributed by atoms with Crippen LogP contribution in [-0.4, -0.2) is 0 Å². The normalized spacial score (nSPS) is 11.4. The quantitative estimate of drug-likeness (QED) is 0.157. The molecule has 0 saturated carbocycles. The number of fused-ring (bicyclic) bond motifs is 5. The second-order valence-electron chi connectivity index (χ2n) is 14.9. The highest BCUT2D eigenvalue weighted by atomic mass is 32.1. The second kappa shape index (κ2) is 14.4. The Morgan fingerprint density at radius 2 is 0.828 bits per heavy atom. The third kappa shape index (κ3) is 5.94. The number of anilines is 3. The topological polar surface area (TPSA) is 3.24 Å². The summed E-state index contributed by atoms with van der Waals surface area (Å²) in [6.07, 6.45) is 0. The Labute approximate surface area is 342 Å². The molecule has 0 saturated heterocycles. The summed E-state index contributed by atoms with van der Waals surface area (Å²) in [5.41, 5.74) is 13.0. The van der Waals surface area contributed by atoms with E-state index in [0.29, 0.717) is 0 Å². The number of para-hydroxylation sites is 1. The molecular weight excluding hydrogens is 719 g/mol. The van der Waals surface area contributed by atoms with E-state index in [-0.39, 0.29) is 0 Å². The van der Waals surface area contributed by atoms with Crippen molar-refractivity contribution in [1.82, 2.24) is 0 Å². The van der Waals surface area contributed by atoms with Gasteiger partial charge in [-0.1, -0.05) is 182 Å². The van der Waals surface area contributed by atoms with Crippen molar-refractivity contribution < 1.29 is 0 Å². The lowest BCUT2D eigenvalue weighted by Crippen LogP contribution is -2.11. The van der Waals surface area contributed by atoms with Crippen molar-refractivity contribution in [3.05, 3.63) is 224 Å². The Hall–Kier alpha value is -7.26. The van der Waals surface area contributed by atoms with E-state index in [1.165, 1.54) is 86.2 Å². The molecule has 2 heteroatoms. The molecule has 0 aliphatic heterocycles. The lowest BCUT2D eigenvalue weighted by atomic mass is 9.95. The zero-order valence-corrected chi connectivity index (χ0v) is 32.5. The Kier molecular flexibility index (Phi) is 8.42. The van der Waals surface area contributed by atoms with Crippen molar-refractivity contribution >= 4 is 70.1 Å². The van der Waals surface area contributed by atoms with Crippen molar-refractivity contribution in [3.63, 3.8) is 0 Å². The Morgan fingerprint density at radius 1 is 0.293 bits per heavy atom. The molecule has 0 atom stereocenters. The van der Waals surface area contributed by atoms with E-state index in [4.69, 9.17) is 0 Å². The highest BCUT2D eigenvalue weighted by Gasteiger charge is 2.20. The molecule has 11 aromatic rings. The number of thiophene rings is 1. The maximum Gasteiger partial charge on any atom is 0.0540 e. The van der Waals surface area contributed by atoms with E-state index in [1.54, 1.807) is 0 Å². The van der Waals surface area contributed by atoms with Crippen LogP contribution in [-0.2, 0) is 0 Å². The number of nitrogens with zero attached hydrogens (tertiary/aromatic N) is 1. The van der Waals surface area contributed by atoms with Gasteiger partial charge in [0.15, 0.2) is 0 Å². The SMILES string of the molecule is c1cc(-c2cccc(N(c3ccc(-c4cccc5ccccc45)cc3)c3ccccc3-c3cccc4ccccc34)c2)cc(-c2cccc3c2sc2ccccc23)c1. The summed E-state index contributed by atoms with van der Waals surface area (Å²) in [6, 6.07) is 81.9. The fraction of sp³-hybridized carbons (Fsp3) is 0. The maximum atomic E-state index is 2.43. The van der Waals surface area contributed by atoms with Gasteiger partial charge < -0.3 is 4.90 Å². The lowest BCUT2D eigenvalue weighted by Gasteiger charge is -2.29. The second-order valence-corrected chi connectivity index (χ2v) is 15.9. The summed E-state index contributed by atoms with van der Waals surface area (Å²) < 4.78 is 2.65. The van der Waals surface area contributed by atoms with Gasteiger partial charge in [0.2, 0.25) is 0 Å². The minimum Gasteiger partial charge on any atom is -0.310 e. The van der Waals surface area contributed by atoms with Crippen LogP contribution in [0.4, 0.5) is 17.1 Å². The smallest absolute Gasteiger partial charge is 0.0540 e. The molecule has 0 unspecified atom stereocenters. The molecule has 1 nitrogen and oxygen atoms in total. The molecule has 0 aliphatic carbocycles. The first-order valence-corrected chi connectivity index (χ1v) is 20.7. The lowest BCUT2D eigenvalue weighted by molar-refractivity contribution is 1.28. The summed E-state index contributed by atoms with van der Waals surface area (Å²) >= 11 is 1.88. The van der Waals surface area contributed by atoms with Crippen LogP contribution in [0.2, 0.25) is 0 Å². The molecule has 0 N–H and O–H groups in total. The highest BCUT2D eigenvalue weighted by molar-refractivity contribution is 7.26. The molecular formula is C56H37NS. The van der Waals surface area contributed by atoms with Crippen molar-refractivity contribution in [1.29, 1.82) is 0 Å². The Balaban J connectivity index is 1.06. The first-order valence-electron chi connectivity index (χ1n) is 19.8. The van der Waals surface area contributed by atoms with Crippen LogP contribution in [0.1, 0.15) is 0 Å². The first kappa shape index (κ1) is 34.0. The predicted molar refractivity (Wildman–Crippen MR) is 251 cm³/mol. The number of rotatable bonds is 7. The molecule has 58 heavy (non-hydrogen) atoms. The van der Waals surface area contributed by atoms with Crippen LogP contribution in [0.3, 0.4) is 0 Å². The molecule has 0 spiro atoms.